The van der Waals surface area contributed by atoms with Crippen LogP contribution in [0.5, 0.6) is 5.75 Å². The number of benzene rings is 1. The molecule has 29 heavy (non-hydrogen) atoms. The Hall–Kier alpha value is -3.10. The fourth-order valence-electron chi connectivity index (χ4n) is 2.86. The number of para-hydroxylation sites is 1. The third kappa shape index (κ3) is 5.04. The number of nitrogens with one attached hydrogen (secondary N) is 1. The summed E-state index contributed by atoms with van der Waals surface area (Å²) in [6, 6.07) is 7.40. The Balaban J connectivity index is 1.81. The zero-order chi connectivity index (χ0) is 21.0. The second kappa shape index (κ2) is 8.50. The number of aromatic amines is 1. The fraction of sp³-hybridized carbons (Fsp3) is 0.294. The lowest BCUT2D eigenvalue weighted by Gasteiger charge is -2.15. The van der Waals surface area contributed by atoms with Gasteiger partial charge in [-0.3, -0.25) is 14.3 Å². The zero-order valence-corrected chi connectivity index (χ0v) is 16.2. The van der Waals surface area contributed by atoms with E-state index in [1.54, 1.807) is 18.2 Å². The SMILES string of the molecule is Cc1cn([C@H]2C[C@H](N=[N+]=[N-])[C@@H](/C=C/P(=O)(O)Oc3ccccc3)O2)c(=O)[nH]c1=O. The second-order valence-corrected chi connectivity index (χ2v) is 7.96. The summed E-state index contributed by atoms with van der Waals surface area (Å²) >= 11 is 0. The molecule has 12 heteroatoms. The maximum Gasteiger partial charge on any atom is 0.400 e. The van der Waals surface area contributed by atoms with E-state index in [9.17, 15) is 19.0 Å². The summed E-state index contributed by atoms with van der Waals surface area (Å²) in [6.07, 6.45) is 1.07. The Morgan fingerprint density at radius 1 is 1.41 bits per heavy atom. The molecular formula is C17H18N5O6P. The Kier molecular flexibility index (Phi) is 6.05. The molecule has 1 aliphatic rings. The van der Waals surface area contributed by atoms with Gasteiger partial charge in [0.25, 0.3) is 5.56 Å². The lowest BCUT2D eigenvalue weighted by molar-refractivity contribution is 0.0187. The van der Waals surface area contributed by atoms with Crippen molar-refractivity contribution in [3.05, 3.63) is 85.3 Å². The van der Waals surface area contributed by atoms with Crippen LogP contribution in [0.3, 0.4) is 0 Å². The molecule has 0 amide bonds. The summed E-state index contributed by atoms with van der Waals surface area (Å²) in [6.45, 7) is 1.54. The number of ether oxygens (including phenoxy) is 1. The van der Waals surface area contributed by atoms with Crippen LogP contribution in [0.25, 0.3) is 10.4 Å². The number of nitrogens with zero attached hydrogens (tertiary/aromatic N) is 4. The molecule has 0 saturated carbocycles. The number of rotatable bonds is 6. The molecule has 0 aliphatic carbocycles. The molecule has 1 unspecified atom stereocenters. The highest BCUT2D eigenvalue weighted by Crippen LogP contribution is 2.45. The van der Waals surface area contributed by atoms with Gasteiger partial charge in [0.05, 0.1) is 12.1 Å². The third-order valence-electron chi connectivity index (χ3n) is 4.24. The van der Waals surface area contributed by atoms with Gasteiger partial charge in [-0.05, 0) is 30.7 Å². The van der Waals surface area contributed by atoms with E-state index in [0.29, 0.717) is 5.56 Å². The van der Waals surface area contributed by atoms with Gasteiger partial charge in [0, 0.05) is 28.9 Å². The predicted octanol–water partition coefficient (Wildman–Crippen LogP) is 2.59. The smallest absolute Gasteiger partial charge is 0.400 e. The van der Waals surface area contributed by atoms with Crippen molar-refractivity contribution in [2.24, 2.45) is 5.11 Å². The maximum absolute atomic E-state index is 12.3. The summed E-state index contributed by atoms with van der Waals surface area (Å²) in [5.41, 5.74) is 7.92. The van der Waals surface area contributed by atoms with Crippen molar-refractivity contribution in [2.45, 2.75) is 31.7 Å². The van der Waals surface area contributed by atoms with Crippen LogP contribution in [0, 0.1) is 6.92 Å². The summed E-state index contributed by atoms with van der Waals surface area (Å²) < 4.78 is 24.3. The first-order valence-electron chi connectivity index (χ1n) is 8.57. The summed E-state index contributed by atoms with van der Waals surface area (Å²) in [5.74, 6) is 1.17. The molecule has 0 bridgehead atoms. The van der Waals surface area contributed by atoms with Gasteiger partial charge in [-0.1, -0.05) is 23.3 Å². The van der Waals surface area contributed by atoms with E-state index in [2.05, 4.69) is 15.0 Å². The van der Waals surface area contributed by atoms with E-state index in [0.717, 1.165) is 5.82 Å². The van der Waals surface area contributed by atoms with Crippen molar-refractivity contribution in [3.63, 3.8) is 0 Å². The molecule has 0 radical (unpaired) electrons. The Morgan fingerprint density at radius 3 is 2.83 bits per heavy atom. The van der Waals surface area contributed by atoms with Gasteiger partial charge in [0.15, 0.2) is 0 Å². The van der Waals surface area contributed by atoms with E-state index < -0.39 is 37.2 Å². The molecule has 1 saturated heterocycles. The van der Waals surface area contributed by atoms with Gasteiger partial charge in [0.2, 0.25) is 0 Å². The normalized spacial score (nSPS) is 23.4. The van der Waals surface area contributed by atoms with E-state index >= 15 is 0 Å². The highest BCUT2D eigenvalue weighted by Gasteiger charge is 2.35. The highest BCUT2D eigenvalue weighted by atomic mass is 31.2. The topological polar surface area (TPSA) is 159 Å². The molecule has 1 aliphatic heterocycles. The number of aryl methyl sites for hydroxylation is 1. The number of hydrogen-bond acceptors (Lipinski definition) is 6. The minimum absolute atomic E-state index is 0.139. The summed E-state index contributed by atoms with van der Waals surface area (Å²) in [5, 5.41) is 3.64. The van der Waals surface area contributed by atoms with Crippen molar-refractivity contribution < 1.29 is 18.7 Å². The van der Waals surface area contributed by atoms with Crippen molar-refractivity contribution in [1.29, 1.82) is 0 Å². The van der Waals surface area contributed by atoms with Crippen LogP contribution >= 0.6 is 7.60 Å². The van der Waals surface area contributed by atoms with E-state index in [-0.39, 0.29) is 12.2 Å². The van der Waals surface area contributed by atoms with Gasteiger partial charge in [-0.15, -0.1) is 0 Å². The molecule has 1 fully saturated rings. The molecule has 2 heterocycles. The zero-order valence-electron chi connectivity index (χ0n) is 15.3. The number of azide groups is 1. The van der Waals surface area contributed by atoms with Crippen LogP contribution in [-0.2, 0) is 9.30 Å². The van der Waals surface area contributed by atoms with Crippen molar-refractivity contribution in [1.82, 2.24) is 9.55 Å². The second-order valence-electron chi connectivity index (χ2n) is 6.35. The number of H-pyrrole nitrogens is 1. The largest absolute Gasteiger partial charge is 0.422 e. The van der Waals surface area contributed by atoms with Crippen molar-refractivity contribution in [3.8, 4) is 5.75 Å². The highest BCUT2D eigenvalue weighted by molar-refractivity contribution is 7.56. The van der Waals surface area contributed by atoms with Gasteiger partial charge >= 0.3 is 13.3 Å². The summed E-state index contributed by atoms with van der Waals surface area (Å²) in [7, 11) is -4.14. The molecule has 3 rings (SSSR count). The Labute approximate surface area is 164 Å². The standard InChI is InChI=1S/C17H18N5O6P/c1-11-10-22(17(24)19-16(11)23)15-9-13(20-21-18)14(27-15)7-8-29(25,26)28-12-5-3-2-4-6-12/h2-8,10,13-15H,9H2,1H3,(H,25,26)(H,19,23,24)/b8-7+/t13-,14+,15+/m0/s1. The van der Waals surface area contributed by atoms with Crippen LogP contribution < -0.4 is 15.8 Å². The predicted molar refractivity (Wildman–Crippen MR) is 104 cm³/mol. The van der Waals surface area contributed by atoms with Crippen LogP contribution in [0.4, 0.5) is 0 Å². The van der Waals surface area contributed by atoms with Gasteiger partial charge in [0.1, 0.15) is 12.0 Å². The molecule has 1 aromatic heterocycles. The number of aromatic nitrogens is 2. The van der Waals surface area contributed by atoms with Crippen LogP contribution in [0.15, 0.2) is 63.1 Å². The van der Waals surface area contributed by atoms with Gasteiger partial charge < -0.3 is 14.2 Å². The maximum atomic E-state index is 12.3. The van der Waals surface area contributed by atoms with Crippen molar-refractivity contribution >= 4 is 7.60 Å². The number of hydrogen-bond donors (Lipinski definition) is 2. The molecular weight excluding hydrogens is 401 g/mol. The van der Waals surface area contributed by atoms with Gasteiger partial charge in [-0.2, -0.15) is 0 Å². The lowest BCUT2D eigenvalue weighted by atomic mass is 10.1. The van der Waals surface area contributed by atoms with E-state index in [1.807, 2.05) is 0 Å². The average molecular weight is 419 g/mol. The third-order valence-corrected chi connectivity index (χ3v) is 5.26. The quantitative estimate of drug-likeness (QED) is 0.317. The Bertz CT molecular complexity index is 1120. The van der Waals surface area contributed by atoms with Crippen LogP contribution in [0.1, 0.15) is 18.2 Å². The summed E-state index contributed by atoms with van der Waals surface area (Å²) in [4.78, 5) is 38.6. The monoisotopic (exact) mass is 419 g/mol. The first kappa shape index (κ1) is 20.6. The first-order valence-corrected chi connectivity index (χ1v) is 10.2. The molecule has 2 aromatic rings. The molecule has 11 nitrogen and oxygen atoms in total. The lowest BCUT2D eigenvalue weighted by Crippen LogP contribution is -2.33. The minimum atomic E-state index is -4.14. The Morgan fingerprint density at radius 2 is 2.14 bits per heavy atom. The average Bonchev–Trinajstić information content (AvgIpc) is 3.06. The minimum Gasteiger partial charge on any atom is -0.422 e. The van der Waals surface area contributed by atoms with E-state index in [4.69, 9.17) is 14.8 Å². The molecule has 4 atom stereocenters. The van der Waals surface area contributed by atoms with Crippen LogP contribution in [-0.4, -0.2) is 26.6 Å². The first-order chi connectivity index (χ1) is 13.8. The van der Waals surface area contributed by atoms with Crippen LogP contribution in [0.2, 0.25) is 0 Å². The molecule has 0 spiro atoms. The fourth-order valence-corrected chi connectivity index (χ4v) is 3.73. The van der Waals surface area contributed by atoms with E-state index in [1.165, 1.54) is 35.9 Å². The molecule has 2 N–H and O–H groups in total. The molecule has 1 aromatic carbocycles. The molecule has 152 valence electrons. The van der Waals surface area contributed by atoms with Crippen molar-refractivity contribution in [2.75, 3.05) is 0 Å². The van der Waals surface area contributed by atoms with Gasteiger partial charge in [-0.25, -0.2) is 9.36 Å².